The first-order chi connectivity index (χ1) is 6.23. The van der Waals surface area contributed by atoms with E-state index < -0.39 is 0 Å². The van der Waals surface area contributed by atoms with E-state index in [1.54, 1.807) is 0 Å². The van der Waals surface area contributed by atoms with Crippen molar-refractivity contribution in [2.45, 2.75) is 51.0 Å². The van der Waals surface area contributed by atoms with Crippen molar-refractivity contribution in [1.82, 2.24) is 5.32 Å². The zero-order valence-corrected chi connectivity index (χ0v) is 8.90. The van der Waals surface area contributed by atoms with E-state index in [0.29, 0.717) is 11.0 Å². The van der Waals surface area contributed by atoms with Crippen LogP contribution in [0.5, 0.6) is 0 Å². The lowest BCUT2D eigenvalue weighted by Crippen LogP contribution is -2.56. The quantitative estimate of drug-likeness (QED) is 0.652. The lowest BCUT2D eigenvalue weighted by atomic mass is 9.64. The molecule has 2 bridgehead atoms. The van der Waals surface area contributed by atoms with Crippen molar-refractivity contribution < 1.29 is 0 Å². The molecule has 0 heterocycles. The summed E-state index contributed by atoms with van der Waals surface area (Å²) in [6, 6.07) is 0. The number of nitrogens with one attached hydrogen (secondary N) is 1. The smallest absolute Gasteiger partial charge is 0.0263 e. The zero-order valence-electron chi connectivity index (χ0n) is 8.90. The molecule has 3 saturated carbocycles. The minimum absolute atomic E-state index is 0.552. The Balaban J connectivity index is 2.07. The molecule has 0 amide bonds. The molecule has 1 heteroatoms. The first-order valence-electron chi connectivity index (χ1n) is 5.92. The van der Waals surface area contributed by atoms with E-state index in [4.69, 9.17) is 0 Å². The van der Waals surface area contributed by atoms with Gasteiger partial charge in [-0.15, -0.1) is 0 Å². The van der Waals surface area contributed by atoms with Gasteiger partial charge in [0.2, 0.25) is 0 Å². The highest BCUT2D eigenvalue weighted by Gasteiger charge is 2.65. The molecule has 0 aliphatic heterocycles. The molecule has 3 aliphatic rings. The van der Waals surface area contributed by atoms with Gasteiger partial charge in [-0.05, 0) is 56.4 Å². The van der Waals surface area contributed by atoms with Gasteiger partial charge >= 0.3 is 0 Å². The summed E-state index contributed by atoms with van der Waals surface area (Å²) in [4.78, 5) is 0. The minimum Gasteiger partial charge on any atom is -0.313 e. The third-order valence-corrected chi connectivity index (χ3v) is 5.76. The van der Waals surface area contributed by atoms with Crippen LogP contribution in [0.1, 0.15) is 45.4 Å². The van der Waals surface area contributed by atoms with Gasteiger partial charge in [0.15, 0.2) is 0 Å². The molecule has 3 rings (SSSR count). The van der Waals surface area contributed by atoms with Crippen molar-refractivity contribution in [2.75, 3.05) is 7.05 Å². The summed E-state index contributed by atoms with van der Waals surface area (Å²) in [7, 11) is 2.20. The van der Waals surface area contributed by atoms with Crippen LogP contribution < -0.4 is 5.32 Å². The highest BCUT2D eigenvalue weighted by Crippen LogP contribution is 2.67. The van der Waals surface area contributed by atoms with E-state index in [1.807, 2.05) is 0 Å². The maximum absolute atomic E-state index is 3.71. The van der Waals surface area contributed by atoms with E-state index in [-0.39, 0.29) is 0 Å². The zero-order chi connectivity index (χ0) is 9.10. The molecule has 3 aliphatic carbocycles. The molecule has 0 aromatic rings. The van der Waals surface area contributed by atoms with E-state index in [9.17, 15) is 0 Å². The number of rotatable bonds is 1. The van der Waals surface area contributed by atoms with Gasteiger partial charge in [-0.2, -0.15) is 0 Å². The molecular weight excluding hydrogens is 158 g/mol. The summed E-state index contributed by atoms with van der Waals surface area (Å²) in [6.07, 6.45) is 8.93. The SMILES string of the molecule is CNC12CCCC1(C)C1CCC2C1. The summed E-state index contributed by atoms with van der Waals surface area (Å²) in [5.74, 6) is 2.06. The predicted octanol–water partition coefficient (Wildman–Crippen LogP) is 2.56. The molecule has 0 spiro atoms. The van der Waals surface area contributed by atoms with Crippen LogP contribution in [0.25, 0.3) is 0 Å². The summed E-state index contributed by atoms with van der Waals surface area (Å²) in [6.45, 7) is 2.56. The van der Waals surface area contributed by atoms with E-state index in [2.05, 4.69) is 19.3 Å². The molecular formula is C12H21N. The molecule has 3 fully saturated rings. The Morgan fingerprint density at radius 1 is 1.15 bits per heavy atom. The second kappa shape index (κ2) is 2.31. The molecule has 1 N–H and O–H groups in total. The van der Waals surface area contributed by atoms with E-state index in [0.717, 1.165) is 11.8 Å². The van der Waals surface area contributed by atoms with Crippen molar-refractivity contribution in [3.05, 3.63) is 0 Å². The fraction of sp³-hybridized carbons (Fsp3) is 1.00. The second-order valence-corrected chi connectivity index (χ2v) is 5.70. The van der Waals surface area contributed by atoms with Gasteiger partial charge in [-0.1, -0.05) is 13.3 Å². The van der Waals surface area contributed by atoms with Crippen LogP contribution in [0.4, 0.5) is 0 Å². The number of hydrogen-bond donors (Lipinski definition) is 1. The monoisotopic (exact) mass is 179 g/mol. The van der Waals surface area contributed by atoms with Crippen LogP contribution in [0.3, 0.4) is 0 Å². The van der Waals surface area contributed by atoms with Crippen molar-refractivity contribution in [2.24, 2.45) is 17.3 Å². The van der Waals surface area contributed by atoms with Gasteiger partial charge in [0.1, 0.15) is 0 Å². The maximum Gasteiger partial charge on any atom is 0.0263 e. The maximum atomic E-state index is 3.71. The van der Waals surface area contributed by atoms with Gasteiger partial charge in [0.05, 0.1) is 0 Å². The van der Waals surface area contributed by atoms with Gasteiger partial charge in [0, 0.05) is 5.54 Å². The minimum atomic E-state index is 0.552. The van der Waals surface area contributed by atoms with Crippen LogP contribution in [-0.2, 0) is 0 Å². The topological polar surface area (TPSA) is 12.0 Å². The predicted molar refractivity (Wildman–Crippen MR) is 54.6 cm³/mol. The first-order valence-corrected chi connectivity index (χ1v) is 5.92. The molecule has 0 radical (unpaired) electrons. The molecule has 4 atom stereocenters. The average molecular weight is 179 g/mol. The van der Waals surface area contributed by atoms with Crippen molar-refractivity contribution in [1.29, 1.82) is 0 Å². The Hall–Kier alpha value is -0.0400. The molecule has 0 saturated heterocycles. The van der Waals surface area contributed by atoms with Crippen molar-refractivity contribution in [3.8, 4) is 0 Å². The molecule has 13 heavy (non-hydrogen) atoms. The Morgan fingerprint density at radius 2 is 1.92 bits per heavy atom. The van der Waals surface area contributed by atoms with Crippen LogP contribution in [0, 0.1) is 17.3 Å². The summed E-state index contributed by atoms with van der Waals surface area (Å²) < 4.78 is 0. The Bertz CT molecular complexity index is 237. The Labute approximate surface area is 81.3 Å². The first kappa shape index (κ1) is 8.28. The Kier molecular flexibility index (Phi) is 1.47. The number of hydrogen-bond acceptors (Lipinski definition) is 1. The Morgan fingerprint density at radius 3 is 2.62 bits per heavy atom. The summed E-state index contributed by atoms with van der Waals surface area (Å²) in [5, 5.41) is 3.71. The van der Waals surface area contributed by atoms with Crippen LogP contribution in [-0.4, -0.2) is 12.6 Å². The lowest BCUT2D eigenvalue weighted by Gasteiger charge is -2.47. The van der Waals surface area contributed by atoms with Gasteiger partial charge < -0.3 is 5.32 Å². The van der Waals surface area contributed by atoms with E-state index >= 15 is 0 Å². The highest BCUT2D eigenvalue weighted by molar-refractivity contribution is 5.20. The fourth-order valence-electron chi connectivity index (χ4n) is 5.10. The average Bonchev–Trinajstić information content (AvgIpc) is 2.72. The van der Waals surface area contributed by atoms with Crippen LogP contribution in [0.15, 0.2) is 0 Å². The highest BCUT2D eigenvalue weighted by atomic mass is 15.0. The second-order valence-electron chi connectivity index (χ2n) is 5.70. The third kappa shape index (κ3) is 0.707. The van der Waals surface area contributed by atoms with Gasteiger partial charge in [-0.3, -0.25) is 0 Å². The van der Waals surface area contributed by atoms with Crippen LogP contribution >= 0.6 is 0 Å². The molecule has 0 aromatic carbocycles. The van der Waals surface area contributed by atoms with E-state index in [1.165, 1.54) is 38.5 Å². The van der Waals surface area contributed by atoms with Gasteiger partial charge in [0.25, 0.3) is 0 Å². The summed E-state index contributed by atoms with van der Waals surface area (Å²) in [5.41, 5.74) is 1.21. The van der Waals surface area contributed by atoms with Crippen LogP contribution in [0.2, 0.25) is 0 Å². The number of fused-ring (bicyclic) bond motifs is 5. The fourth-order valence-corrected chi connectivity index (χ4v) is 5.10. The third-order valence-electron chi connectivity index (χ3n) is 5.76. The van der Waals surface area contributed by atoms with Crippen molar-refractivity contribution in [3.63, 3.8) is 0 Å². The normalized spacial score (nSPS) is 58.6. The lowest BCUT2D eigenvalue weighted by molar-refractivity contribution is 0.0731. The molecule has 1 nitrogen and oxygen atoms in total. The molecule has 74 valence electrons. The largest absolute Gasteiger partial charge is 0.313 e. The summed E-state index contributed by atoms with van der Waals surface area (Å²) >= 11 is 0. The standard InChI is InChI=1S/C12H21N/c1-11-6-3-7-12(11,13-2)10-5-4-9(11)8-10/h9-10,13H,3-8H2,1-2H3. The molecule has 4 unspecified atom stereocenters. The van der Waals surface area contributed by atoms with Crippen molar-refractivity contribution >= 4 is 0 Å². The molecule has 0 aromatic heterocycles. The van der Waals surface area contributed by atoms with Gasteiger partial charge in [-0.25, -0.2) is 0 Å².